The quantitative estimate of drug-likeness (QED) is 0.835. The molecule has 0 radical (unpaired) electrons. The lowest BCUT2D eigenvalue weighted by Gasteiger charge is -2.11. The van der Waals surface area contributed by atoms with Crippen LogP contribution in [-0.4, -0.2) is 17.0 Å². The predicted molar refractivity (Wildman–Crippen MR) is 52.7 cm³/mol. The van der Waals surface area contributed by atoms with Crippen LogP contribution in [0.15, 0.2) is 18.2 Å². The zero-order chi connectivity index (χ0) is 12.3. The van der Waals surface area contributed by atoms with Gasteiger partial charge in [0.2, 0.25) is 5.91 Å². The number of carboxylic acid groups (broad SMARTS) is 1. The van der Waals surface area contributed by atoms with Gasteiger partial charge in [-0.3, -0.25) is 4.79 Å². The fourth-order valence-electron chi connectivity index (χ4n) is 1.29. The van der Waals surface area contributed by atoms with Crippen LogP contribution in [0, 0.1) is 0 Å². The first-order valence-electron chi connectivity index (χ1n) is 4.35. The average molecular weight is 229 g/mol. The summed E-state index contributed by atoms with van der Waals surface area (Å²) >= 11 is 0. The van der Waals surface area contributed by atoms with E-state index in [0.29, 0.717) is 0 Å². The van der Waals surface area contributed by atoms with Crippen molar-refractivity contribution in [3.63, 3.8) is 0 Å². The van der Waals surface area contributed by atoms with Crippen molar-refractivity contribution in [1.82, 2.24) is 0 Å². The molecule has 0 unspecified atom stereocenters. The Balaban J connectivity index is 3.32. The molecule has 0 aliphatic heterocycles. The number of hydrogen-bond acceptors (Lipinski definition) is 2. The standard InChI is InChI=1S/C10H9F2NO3/c1-5(14)13-7-4-2-3-6(10(15)16)8(7)9(11)12/h2-4,9H,1H3,(H,13,14)(H,15,16). The molecule has 1 aromatic rings. The molecule has 0 heterocycles. The maximum atomic E-state index is 12.7. The van der Waals surface area contributed by atoms with E-state index >= 15 is 0 Å². The maximum Gasteiger partial charge on any atom is 0.336 e. The number of benzene rings is 1. The number of halogens is 2. The number of alkyl halides is 2. The van der Waals surface area contributed by atoms with Crippen molar-refractivity contribution in [2.75, 3.05) is 5.32 Å². The minimum Gasteiger partial charge on any atom is -0.478 e. The van der Waals surface area contributed by atoms with Gasteiger partial charge in [-0.25, -0.2) is 13.6 Å². The van der Waals surface area contributed by atoms with Crippen LogP contribution in [0.25, 0.3) is 0 Å². The van der Waals surface area contributed by atoms with Gasteiger partial charge in [-0.15, -0.1) is 0 Å². The SMILES string of the molecule is CC(=O)Nc1cccc(C(=O)O)c1C(F)F. The van der Waals surface area contributed by atoms with Gasteiger partial charge in [0.25, 0.3) is 6.43 Å². The predicted octanol–water partition coefficient (Wildman–Crippen LogP) is 2.28. The van der Waals surface area contributed by atoms with Crippen molar-refractivity contribution in [1.29, 1.82) is 0 Å². The lowest BCUT2D eigenvalue weighted by Crippen LogP contribution is -2.12. The average Bonchev–Trinajstić information content (AvgIpc) is 2.15. The van der Waals surface area contributed by atoms with Crippen molar-refractivity contribution in [3.05, 3.63) is 29.3 Å². The minimum absolute atomic E-state index is 0.178. The number of hydrogen-bond donors (Lipinski definition) is 2. The van der Waals surface area contributed by atoms with E-state index in [1.165, 1.54) is 12.1 Å². The molecule has 16 heavy (non-hydrogen) atoms. The highest BCUT2D eigenvalue weighted by atomic mass is 19.3. The highest BCUT2D eigenvalue weighted by Gasteiger charge is 2.21. The van der Waals surface area contributed by atoms with E-state index in [9.17, 15) is 18.4 Å². The monoisotopic (exact) mass is 229 g/mol. The molecule has 86 valence electrons. The maximum absolute atomic E-state index is 12.7. The summed E-state index contributed by atoms with van der Waals surface area (Å²) in [5, 5.41) is 10.9. The molecule has 0 aliphatic rings. The van der Waals surface area contributed by atoms with Gasteiger partial charge in [-0.1, -0.05) is 6.07 Å². The summed E-state index contributed by atoms with van der Waals surface area (Å²) in [5.74, 6) is -1.99. The van der Waals surface area contributed by atoms with Crippen molar-refractivity contribution >= 4 is 17.6 Å². The van der Waals surface area contributed by atoms with Crippen LogP contribution in [-0.2, 0) is 4.79 Å². The number of nitrogens with one attached hydrogen (secondary N) is 1. The highest BCUT2D eigenvalue weighted by molar-refractivity contribution is 5.95. The Bertz CT molecular complexity index is 432. The first kappa shape index (κ1) is 12.1. The summed E-state index contributed by atoms with van der Waals surface area (Å²) in [4.78, 5) is 21.5. The number of amides is 1. The first-order chi connectivity index (χ1) is 7.43. The Morgan fingerprint density at radius 2 is 2.00 bits per heavy atom. The van der Waals surface area contributed by atoms with Crippen molar-refractivity contribution in [2.45, 2.75) is 13.3 Å². The smallest absolute Gasteiger partial charge is 0.336 e. The molecule has 0 saturated heterocycles. The van der Waals surface area contributed by atoms with Crippen molar-refractivity contribution in [2.24, 2.45) is 0 Å². The fourth-order valence-corrected chi connectivity index (χ4v) is 1.29. The van der Waals surface area contributed by atoms with E-state index in [0.717, 1.165) is 13.0 Å². The van der Waals surface area contributed by atoms with Gasteiger partial charge in [-0.2, -0.15) is 0 Å². The van der Waals surface area contributed by atoms with Crippen LogP contribution >= 0.6 is 0 Å². The number of carbonyl (C=O) groups is 2. The van der Waals surface area contributed by atoms with Gasteiger partial charge >= 0.3 is 5.97 Å². The van der Waals surface area contributed by atoms with Gasteiger partial charge in [0, 0.05) is 6.92 Å². The van der Waals surface area contributed by atoms with Gasteiger partial charge in [0.1, 0.15) is 0 Å². The van der Waals surface area contributed by atoms with Crippen LogP contribution in [0.3, 0.4) is 0 Å². The molecule has 2 N–H and O–H groups in total. The first-order valence-corrected chi connectivity index (χ1v) is 4.35. The highest BCUT2D eigenvalue weighted by Crippen LogP contribution is 2.30. The summed E-state index contributed by atoms with van der Waals surface area (Å²) in [5.41, 5.74) is -1.37. The van der Waals surface area contributed by atoms with Gasteiger partial charge in [0.15, 0.2) is 0 Å². The second-order valence-corrected chi connectivity index (χ2v) is 3.05. The lowest BCUT2D eigenvalue weighted by atomic mass is 10.1. The lowest BCUT2D eigenvalue weighted by molar-refractivity contribution is -0.114. The van der Waals surface area contributed by atoms with E-state index in [-0.39, 0.29) is 5.69 Å². The number of carbonyl (C=O) groups excluding carboxylic acids is 1. The molecule has 6 heteroatoms. The molecule has 1 rings (SSSR count). The third kappa shape index (κ3) is 2.53. The van der Waals surface area contributed by atoms with E-state index in [2.05, 4.69) is 5.32 Å². The van der Waals surface area contributed by atoms with Crippen LogP contribution in [0.4, 0.5) is 14.5 Å². The normalized spacial score (nSPS) is 10.2. The Hall–Kier alpha value is -1.98. The molecule has 0 aliphatic carbocycles. The number of rotatable bonds is 3. The summed E-state index contributed by atoms with van der Waals surface area (Å²) < 4.78 is 25.4. The molecule has 0 saturated carbocycles. The van der Waals surface area contributed by atoms with Crippen molar-refractivity contribution < 1.29 is 23.5 Å². The number of carboxylic acids is 1. The topological polar surface area (TPSA) is 66.4 Å². The fraction of sp³-hybridized carbons (Fsp3) is 0.200. The molecular weight excluding hydrogens is 220 g/mol. The minimum atomic E-state index is -2.96. The Morgan fingerprint density at radius 3 is 2.44 bits per heavy atom. The molecular formula is C10H9F2NO3. The molecule has 0 spiro atoms. The Kier molecular flexibility index (Phi) is 3.55. The Morgan fingerprint density at radius 1 is 1.38 bits per heavy atom. The molecule has 1 amide bonds. The molecule has 0 aromatic heterocycles. The Labute approximate surface area is 89.9 Å². The van der Waals surface area contributed by atoms with Gasteiger partial charge in [-0.05, 0) is 12.1 Å². The van der Waals surface area contributed by atoms with Crippen LogP contribution in [0.2, 0.25) is 0 Å². The van der Waals surface area contributed by atoms with Crippen LogP contribution < -0.4 is 5.32 Å². The summed E-state index contributed by atoms with van der Waals surface area (Å²) in [6, 6.07) is 3.59. The summed E-state index contributed by atoms with van der Waals surface area (Å²) in [6.07, 6.45) is -2.96. The molecule has 0 fully saturated rings. The van der Waals surface area contributed by atoms with Gasteiger partial charge < -0.3 is 10.4 Å². The number of anilines is 1. The van der Waals surface area contributed by atoms with E-state index < -0.39 is 29.4 Å². The largest absolute Gasteiger partial charge is 0.478 e. The van der Waals surface area contributed by atoms with Crippen LogP contribution in [0.5, 0.6) is 0 Å². The van der Waals surface area contributed by atoms with E-state index in [1.54, 1.807) is 0 Å². The van der Waals surface area contributed by atoms with Crippen LogP contribution in [0.1, 0.15) is 29.3 Å². The summed E-state index contributed by atoms with van der Waals surface area (Å²) in [6.45, 7) is 1.16. The van der Waals surface area contributed by atoms with Gasteiger partial charge in [0.05, 0.1) is 16.8 Å². The van der Waals surface area contributed by atoms with E-state index in [4.69, 9.17) is 5.11 Å². The third-order valence-corrected chi connectivity index (χ3v) is 1.87. The van der Waals surface area contributed by atoms with E-state index in [1.807, 2.05) is 0 Å². The van der Waals surface area contributed by atoms with Crippen molar-refractivity contribution in [3.8, 4) is 0 Å². The second kappa shape index (κ2) is 4.69. The number of aromatic carboxylic acids is 1. The molecule has 0 bridgehead atoms. The zero-order valence-corrected chi connectivity index (χ0v) is 8.33. The summed E-state index contributed by atoms with van der Waals surface area (Å²) in [7, 11) is 0. The molecule has 0 atom stereocenters. The second-order valence-electron chi connectivity index (χ2n) is 3.05. The molecule has 4 nitrogen and oxygen atoms in total. The zero-order valence-electron chi connectivity index (χ0n) is 8.33. The molecule has 1 aromatic carbocycles. The third-order valence-electron chi connectivity index (χ3n) is 1.87.